The standard InChI is InChI=1S/C27H38N2O3S/c1-4-6-8-9-10-12-18-31-23-16-14-22(15-17-23)25-20-33-27-28-24(19-29(25)27)26(30)32-21(3)13-11-7-5-2/h14-17,19-21H,4-13,18H2,1-3H3. The van der Waals surface area contributed by atoms with Crippen molar-refractivity contribution in [2.75, 3.05) is 6.61 Å². The van der Waals surface area contributed by atoms with Gasteiger partial charge in [-0.15, -0.1) is 11.3 Å². The number of aromatic nitrogens is 2. The molecular weight excluding hydrogens is 432 g/mol. The fraction of sp³-hybridized carbons (Fsp3) is 0.556. The molecule has 0 fully saturated rings. The van der Waals surface area contributed by atoms with Crippen molar-refractivity contribution >= 4 is 22.3 Å². The number of carbonyl (C=O) groups excluding carboxylic acids is 1. The Morgan fingerprint density at radius 1 is 1.00 bits per heavy atom. The molecule has 0 bridgehead atoms. The Hall–Kier alpha value is -2.34. The maximum atomic E-state index is 12.5. The van der Waals surface area contributed by atoms with Gasteiger partial charge in [0.1, 0.15) is 5.75 Å². The summed E-state index contributed by atoms with van der Waals surface area (Å²) in [6.45, 7) is 7.12. The van der Waals surface area contributed by atoms with E-state index in [0.717, 1.165) is 60.7 Å². The van der Waals surface area contributed by atoms with Gasteiger partial charge in [-0.25, -0.2) is 9.78 Å². The van der Waals surface area contributed by atoms with Crippen LogP contribution >= 0.6 is 11.3 Å². The van der Waals surface area contributed by atoms with E-state index in [1.54, 1.807) is 6.20 Å². The lowest BCUT2D eigenvalue weighted by Gasteiger charge is -2.11. The number of thiazole rings is 1. The molecule has 180 valence electrons. The summed E-state index contributed by atoms with van der Waals surface area (Å²) in [5.41, 5.74) is 2.45. The second kappa shape index (κ2) is 13.4. The highest BCUT2D eigenvalue weighted by molar-refractivity contribution is 7.15. The summed E-state index contributed by atoms with van der Waals surface area (Å²) in [6, 6.07) is 8.15. The first-order chi connectivity index (χ1) is 16.1. The molecule has 2 aromatic heterocycles. The van der Waals surface area contributed by atoms with Gasteiger partial charge >= 0.3 is 5.97 Å². The van der Waals surface area contributed by atoms with Crippen molar-refractivity contribution in [2.45, 2.75) is 91.1 Å². The number of esters is 1. The lowest BCUT2D eigenvalue weighted by molar-refractivity contribution is 0.0313. The third kappa shape index (κ3) is 7.60. The van der Waals surface area contributed by atoms with Gasteiger partial charge in [0.05, 0.1) is 18.4 Å². The van der Waals surface area contributed by atoms with E-state index in [0.29, 0.717) is 5.69 Å². The van der Waals surface area contributed by atoms with Gasteiger partial charge in [0.15, 0.2) is 10.7 Å². The number of hydrogen-bond donors (Lipinski definition) is 0. The Kier molecular flexibility index (Phi) is 10.3. The fourth-order valence-electron chi connectivity index (χ4n) is 3.87. The average molecular weight is 471 g/mol. The highest BCUT2D eigenvalue weighted by atomic mass is 32.1. The molecule has 5 nitrogen and oxygen atoms in total. The molecule has 0 aliphatic rings. The van der Waals surface area contributed by atoms with Gasteiger partial charge in [0, 0.05) is 11.6 Å². The van der Waals surface area contributed by atoms with Crippen LogP contribution in [0.15, 0.2) is 35.8 Å². The van der Waals surface area contributed by atoms with Crippen LogP contribution in [0, 0.1) is 0 Å². The SMILES string of the molecule is CCCCCCCCOc1ccc(-c2csc3nc(C(=O)OC(C)CCCCC)cn23)cc1. The summed E-state index contributed by atoms with van der Waals surface area (Å²) in [5.74, 6) is 0.546. The number of rotatable bonds is 15. The van der Waals surface area contributed by atoms with E-state index >= 15 is 0 Å². The van der Waals surface area contributed by atoms with E-state index in [9.17, 15) is 4.79 Å². The molecule has 0 N–H and O–H groups in total. The lowest BCUT2D eigenvalue weighted by atomic mass is 10.1. The Morgan fingerprint density at radius 2 is 1.70 bits per heavy atom. The van der Waals surface area contributed by atoms with Crippen molar-refractivity contribution in [1.29, 1.82) is 0 Å². The van der Waals surface area contributed by atoms with Crippen LogP contribution in [-0.2, 0) is 4.74 Å². The van der Waals surface area contributed by atoms with Crippen LogP contribution in [-0.4, -0.2) is 28.1 Å². The second-order valence-corrected chi connectivity index (χ2v) is 9.59. The number of unbranched alkanes of at least 4 members (excludes halogenated alkanes) is 7. The van der Waals surface area contributed by atoms with Crippen LogP contribution in [0.4, 0.5) is 0 Å². The monoisotopic (exact) mass is 470 g/mol. The Morgan fingerprint density at radius 3 is 2.45 bits per heavy atom. The van der Waals surface area contributed by atoms with Crippen molar-refractivity contribution in [2.24, 2.45) is 0 Å². The quantitative estimate of drug-likeness (QED) is 0.167. The topological polar surface area (TPSA) is 52.8 Å². The van der Waals surface area contributed by atoms with Gasteiger partial charge in [0.2, 0.25) is 0 Å². The van der Waals surface area contributed by atoms with E-state index in [1.165, 1.54) is 43.4 Å². The number of imidazole rings is 1. The average Bonchev–Trinajstić information content (AvgIpc) is 3.40. The summed E-state index contributed by atoms with van der Waals surface area (Å²) >= 11 is 1.52. The highest BCUT2D eigenvalue weighted by Gasteiger charge is 2.18. The Balaban J connectivity index is 1.55. The molecule has 0 saturated carbocycles. The molecule has 3 rings (SSSR count). The van der Waals surface area contributed by atoms with Crippen LogP contribution in [0.25, 0.3) is 16.2 Å². The van der Waals surface area contributed by atoms with Crippen LogP contribution in [0.1, 0.15) is 95.5 Å². The maximum Gasteiger partial charge on any atom is 0.358 e. The summed E-state index contributed by atoms with van der Waals surface area (Å²) in [5, 5.41) is 2.07. The zero-order chi connectivity index (χ0) is 23.5. The minimum absolute atomic E-state index is 0.0906. The summed E-state index contributed by atoms with van der Waals surface area (Å²) in [6.07, 6.45) is 13.5. The van der Waals surface area contributed by atoms with Crippen LogP contribution < -0.4 is 4.74 Å². The highest BCUT2D eigenvalue weighted by Crippen LogP contribution is 2.28. The maximum absolute atomic E-state index is 12.5. The summed E-state index contributed by atoms with van der Waals surface area (Å²) < 4.78 is 13.5. The van der Waals surface area contributed by atoms with E-state index in [1.807, 2.05) is 23.5 Å². The second-order valence-electron chi connectivity index (χ2n) is 8.75. The molecule has 1 unspecified atom stereocenters. The molecule has 1 atom stereocenters. The predicted molar refractivity (Wildman–Crippen MR) is 136 cm³/mol. The van der Waals surface area contributed by atoms with Crippen LogP contribution in [0.2, 0.25) is 0 Å². The fourth-order valence-corrected chi connectivity index (χ4v) is 4.75. The molecule has 0 radical (unpaired) electrons. The number of fused-ring (bicyclic) bond motifs is 1. The smallest absolute Gasteiger partial charge is 0.358 e. The van der Waals surface area contributed by atoms with Crippen LogP contribution in [0.3, 0.4) is 0 Å². The number of carbonyl (C=O) groups is 1. The first kappa shape index (κ1) is 25.3. The molecule has 0 spiro atoms. The van der Waals surface area contributed by atoms with E-state index in [2.05, 4.69) is 36.3 Å². The summed E-state index contributed by atoms with van der Waals surface area (Å²) in [7, 11) is 0. The van der Waals surface area contributed by atoms with Crippen molar-refractivity contribution in [1.82, 2.24) is 9.38 Å². The van der Waals surface area contributed by atoms with E-state index in [-0.39, 0.29) is 12.1 Å². The largest absolute Gasteiger partial charge is 0.494 e. The Bertz CT molecular complexity index is 977. The molecule has 2 heterocycles. The number of ether oxygens (including phenoxy) is 2. The van der Waals surface area contributed by atoms with E-state index in [4.69, 9.17) is 9.47 Å². The predicted octanol–water partition coefficient (Wildman–Crippen LogP) is 7.93. The molecular formula is C27H38N2O3S. The van der Waals surface area contributed by atoms with Crippen molar-refractivity contribution in [3.8, 4) is 17.0 Å². The van der Waals surface area contributed by atoms with Crippen LogP contribution in [0.5, 0.6) is 5.75 Å². The minimum Gasteiger partial charge on any atom is -0.494 e. The molecule has 3 aromatic rings. The summed E-state index contributed by atoms with van der Waals surface area (Å²) in [4.78, 5) is 17.8. The van der Waals surface area contributed by atoms with Gasteiger partial charge in [-0.05, 0) is 56.0 Å². The molecule has 1 aromatic carbocycles. The number of benzene rings is 1. The third-order valence-electron chi connectivity index (χ3n) is 5.86. The zero-order valence-electron chi connectivity index (χ0n) is 20.3. The molecule has 0 saturated heterocycles. The van der Waals surface area contributed by atoms with Crippen molar-refractivity contribution in [3.63, 3.8) is 0 Å². The molecule has 0 aliphatic heterocycles. The zero-order valence-corrected chi connectivity index (χ0v) is 21.2. The van der Waals surface area contributed by atoms with Gasteiger partial charge in [-0.3, -0.25) is 4.40 Å². The number of nitrogens with zero attached hydrogens (tertiary/aromatic N) is 2. The lowest BCUT2D eigenvalue weighted by Crippen LogP contribution is -2.15. The molecule has 33 heavy (non-hydrogen) atoms. The first-order valence-corrected chi connectivity index (χ1v) is 13.4. The molecule has 0 aliphatic carbocycles. The normalized spacial score (nSPS) is 12.2. The molecule has 0 amide bonds. The van der Waals surface area contributed by atoms with Gasteiger partial charge in [-0.2, -0.15) is 0 Å². The first-order valence-electron chi connectivity index (χ1n) is 12.5. The third-order valence-corrected chi connectivity index (χ3v) is 6.70. The number of hydrogen-bond acceptors (Lipinski definition) is 5. The molecule has 6 heteroatoms. The Labute approximate surface area is 202 Å². The van der Waals surface area contributed by atoms with Crippen molar-refractivity contribution < 1.29 is 14.3 Å². The van der Waals surface area contributed by atoms with Crippen molar-refractivity contribution in [3.05, 3.63) is 41.5 Å². The van der Waals surface area contributed by atoms with Gasteiger partial charge in [-0.1, -0.05) is 58.8 Å². The minimum atomic E-state index is -0.348. The van der Waals surface area contributed by atoms with Gasteiger partial charge < -0.3 is 9.47 Å². The van der Waals surface area contributed by atoms with Gasteiger partial charge in [0.25, 0.3) is 0 Å². The van der Waals surface area contributed by atoms with E-state index < -0.39 is 0 Å².